The summed E-state index contributed by atoms with van der Waals surface area (Å²) < 4.78 is 18.6. The van der Waals surface area contributed by atoms with Crippen LogP contribution in [0.1, 0.15) is 27.5 Å². The lowest BCUT2D eigenvalue weighted by Crippen LogP contribution is -2.34. The average Bonchev–Trinajstić information content (AvgIpc) is 3.03. The van der Waals surface area contributed by atoms with E-state index in [1.54, 1.807) is 18.2 Å². The van der Waals surface area contributed by atoms with E-state index in [9.17, 15) is 9.18 Å². The first-order valence-corrected chi connectivity index (χ1v) is 8.00. The van der Waals surface area contributed by atoms with E-state index >= 15 is 0 Å². The number of nitrogens with zero attached hydrogens (tertiary/aromatic N) is 1. The smallest absolute Gasteiger partial charge is 0.251 e. The summed E-state index contributed by atoms with van der Waals surface area (Å²) in [6.07, 6.45) is 0.840. The van der Waals surface area contributed by atoms with Crippen LogP contribution < -0.4 is 10.1 Å². The highest BCUT2D eigenvalue weighted by Gasteiger charge is 2.18. The van der Waals surface area contributed by atoms with Crippen LogP contribution in [0.2, 0.25) is 0 Å². The van der Waals surface area contributed by atoms with Gasteiger partial charge in [-0.1, -0.05) is 12.1 Å². The lowest BCUT2D eigenvalue weighted by atomic mass is 10.1. The molecule has 1 aliphatic heterocycles. The second-order valence-corrected chi connectivity index (χ2v) is 6.16. The maximum absolute atomic E-state index is 13.1. The molecule has 0 saturated heterocycles. The highest BCUT2D eigenvalue weighted by Crippen LogP contribution is 2.26. The number of rotatable bonds is 5. The van der Waals surface area contributed by atoms with Crippen molar-refractivity contribution in [1.29, 1.82) is 0 Å². The van der Waals surface area contributed by atoms with E-state index < -0.39 is 0 Å². The number of amides is 1. The Balaban J connectivity index is 1.68. The summed E-state index contributed by atoms with van der Waals surface area (Å²) >= 11 is 0. The van der Waals surface area contributed by atoms with Crippen molar-refractivity contribution < 1.29 is 13.9 Å². The number of carbonyl (C=O) groups is 1. The van der Waals surface area contributed by atoms with E-state index in [1.807, 2.05) is 31.1 Å². The van der Waals surface area contributed by atoms with Crippen LogP contribution >= 0.6 is 0 Å². The average molecular weight is 328 g/mol. The molecule has 2 aromatic carbocycles. The molecule has 0 aromatic heterocycles. The van der Waals surface area contributed by atoms with Gasteiger partial charge in [-0.05, 0) is 55.6 Å². The van der Waals surface area contributed by atoms with Gasteiger partial charge in [0.15, 0.2) is 0 Å². The molecule has 2 aromatic rings. The third-order valence-electron chi connectivity index (χ3n) is 4.29. The van der Waals surface area contributed by atoms with Gasteiger partial charge in [0.05, 0.1) is 12.6 Å². The molecule has 126 valence electrons. The van der Waals surface area contributed by atoms with E-state index in [4.69, 9.17) is 4.74 Å². The van der Waals surface area contributed by atoms with Gasteiger partial charge < -0.3 is 15.0 Å². The number of carbonyl (C=O) groups excluding carboxylic acids is 1. The van der Waals surface area contributed by atoms with E-state index in [-0.39, 0.29) is 17.8 Å². The van der Waals surface area contributed by atoms with Crippen molar-refractivity contribution in [2.75, 3.05) is 27.2 Å². The quantitative estimate of drug-likeness (QED) is 0.918. The second-order valence-electron chi connectivity index (χ2n) is 6.16. The molecule has 5 heteroatoms. The number of fused-ring (bicyclic) bond motifs is 1. The predicted molar refractivity (Wildman–Crippen MR) is 90.8 cm³/mol. The van der Waals surface area contributed by atoms with Gasteiger partial charge >= 0.3 is 0 Å². The Morgan fingerprint density at radius 1 is 1.25 bits per heavy atom. The maximum Gasteiger partial charge on any atom is 0.251 e. The summed E-state index contributed by atoms with van der Waals surface area (Å²) in [6.45, 7) is 1.12. The van der Waals surface area contributed by atoms with Crippen LogP contribution in [0.15, 0.2) is 42.5 Å². The first kappa shape index (κ1) is 16.5. The van der Waals surface area contributed by atoms with Gasteiger partial charge in [0.2, 0.25) is 0 Å². The molecule has 0 spiro atoms. The third-order valence-corrected chi connectivity index (χ3v) is 4.29. The molecule has 1 N–H and O–H groups in total. The van der Waals surface area contributed by atoms with Crippen LogP contribution in [0.4, 0.5) is 4.39 Å². The monoisotopic (exact) mass is 328 g/mol. The number of hydrogen-bond acceptors (Lipinski definition) is 3. The number of hydrogen-bond donors (Lipinski definition) is 1. The lowest BCUT2D eigenvalue weighted by Gasteiger charge is -2.25. The van der Waals surface area contributed by atoms with Crippen molar-refractivity contribution in [1.82, 2.24) is 10.2 Å². The molecule has 4 nitrogen and oxygen atoms in total. The van der Waals surface area contributed by atoms with Crippen molar-refractivity contribution >= 4 is 5.91 Å². The summed E-state index contributed by atoms with van der Waals surface area (Å²) in [5.74, 6) is 0.489. The Morgan fingerprint density at radius 2 is 2.00 bits per heavy atom. The van der Waals surface area contributed by atoms with Crippen molar-refractivity contribution in [2.24, 2.45) is 0 Å². The topological polar surface area (TPSA) is 41.6 Å². The molecule has 3 rings (SSSR count). The predicted octanol–water partition coefficient (Wildman–Crippen LogP) is 2.79. The van der Waals surface area contributed by atoms with Crippen LogP contribution in [-0.4, -0.2) is 38.1 Å². The van der Waals surface area contributed by atoms with Crippen LogP contribution in [0.3, 0.4) is 0 Å². The van der Waals surface area contributed by atoms with Crippen LogP contribution in [0.25, 0.3) is 0 Å². The number of ether oxygens (including phenoxy) is 1. The number of likely N-dealkylation sites (N-methyl/N-ethyl adjacent to an activating group) is 1. The molecule has 1 unspecified atom stereocenters. The van der Waals surface area contributed by atoms with Crippen molar-refractivity contribution in [3.63, 3.8) is 0 Å². The summed E-state index contributed by atoms with van der Waals surface area (Å²) in [5, 5.41) is 2.97. The van der Waals surface area contributed by atoms with Crippen molar-refractivity contribution in [3.05, 3.63) is 65.0 Å². The van der Waals surface area contributed by atoms with Crippen LogP contribution in [0.5, 0.6) is 5.75 Å². The van der Waals surface area contributed by atoms with Gasteiger partial charge in [0, 0.05) is 18.5 Å². The first-order chi connectivity index (χ1) is 11.5. The maximum atomic E-state index is 13.1. The standard InChI is InChI=1S/C19H21FN2O2/c1-22(2)17(13-3-6-16(20)7-4-13)12-21-19(23)15-5-8-18-14(11-15)9-10-24-18/h3-8,11,17H,9-10,12H2,1-2H3,(H,21,23). The zero-order valence-corrected chi connectivity index (χ0v) is 13.9. The molecule has 1 atom stereocenters. The number of benzene rings is 2. The Morgan fingerprint density at radius 3 is 2.71 bits per heavy atom. The molecule has 0 bridgehead atoms. The van der Waals surface area contributed by atoms with Gasteiger partial charge in [-0.2, -0.15) is 0 Å². The van der Waals surface area contributed by atoms with Gasteiger partial charge in [-0.15, -0.1) is 0 Å². The molecule has 1 aliphatic rings. The van der Waals surface area contributed by atoms with E-state index in [0.29, 0.717) is 18.7 Å². The normalized spacial score (nSPS) is 14.2. The highest BCUT2D eigenvalue weighted by atomic mass is 19.1. The van der Waals surface area contributed by atoms with E-state index in [0.717, 1.165) is 23.3 Å². The van der Waals surface area contributed by atoms with Crippen molar-refractivity contribution in [2.45, 2.75) is 12.5 Å². The van der Waals surface area contributed by atoms with Gasteiger partial charge in [-0.25, -0.2) is 4.39 Å². The van der Waals surface area contributed by atoms with E-state index in [2.05, 4.69) is 5.32 Å². The summed E-state index contributed by atoms with van der Waals surface area (Å²) in [7, 11) is 3.87. The molecule has 1 amide bonds. The molecule has 0 saturated carbocycles. The number of nitrogens with one attached hydrogen (secondary N) is 1. The Labute approximate surface area is 141 Å². The minimum atomic E-state index is -0.263. The second kappa shape index (κ2) is 7.01. The molecule has 1 heterocycles. The van der Waals surface area contributed by atoms with Crippen molar-refractivity contribution in [3.8, 4) is 5.75 Å². The zero-order chi connectivity index (χ0) is 17.1. The SMILES string of the molecule is CN(C)C(CNC(=O)c1ccc2c(c1)CCO2)c1ccc(F)cc1. The summed E-state index contributed by atoms with van der Waals surface area (Å²) in [6, 6.07) is 11.9. The Hall–Kier alpha value is -2.40. The van der Waals surface area contributed by atoms with Gasteiger partial charge in [0.25, 0.3) is 5.91 Å². The van der Waals surface area contributed by atoms with E-state index in [1.165, 1.54) is 12.1 Å². The number of halogens is 1. The lowest BCUT2D eigenvalue weighted by molar-refractivity contribution is 0.0942. The van der Waals surface area contributed by atoms with Gasteiger partial charge in [-0.3, -0.25) is 4.79 Å². The molecule has 0 fully saturated rings. The molecular weight excluding hydrogens is 307 g/mol. The van der Waals surface area contributed by atoms with Crippen LogP contribution in [0, 0.1) is 5.82 Å². The molecule has 0 aliphatic carbocycles. The summed E-state index contributed by atoms with van der Waals surface area (Å²) in [5.41, 5.74) is 2.67. The molecule has 24 heavy (non-hydrogen) atoms. The Bertz CT molecular complexity index is 729. The van der Waals surface area contributed by atoms with Gasteiger partial charge in [0.1, 0.15) is 11.6 Å². The minimum absolute atomic E-state index is 0.0210. The summed E-state index contributed by atoms with van der Waals surface area (Å²) in [4.78, 5) is 14.4. The first-order valence-electron chi connectivity index (χ1n) is 8.00. The highest BCUT2D eigenvalue weighted by molar-refractivity contribution is 5.94. The molecular formula is C19H21FN2O2. The molecule has 0 radical (unpaired) electrons. The minimum Gasteiger partial charge on any atom is -0.493 e. The Kier molecular flexibility index (Phi) is 4.81. The van der Waals surface area contributed by atoms with Crippen LogP contribution in [-0.2, 0) is 6.42 Å². The fraction of sp³-hybridized carbons (Fsp3) is 0.316. The zero-order valence-electron chi connectivity index (χ0n) is 13.9. The fourth-order valence-electron chi connectivity index (χ4n) is 2.90. The largest absolute Gasteiger partial charge is 0.493 e. The fourth-order valence-corrected chi connectivity index (χ4v) is 2.90. The third kappa shape index (κ3) is 3.57.